The molecular weight excluding hydrogens is 569 g/mol. The minimum Gasteiger partial charge on any atom is -0.444 e. The molecule has 0 unspecified atom stereocenters. The van der Waals surface area contributed by atoms with E-state index in [1.807, 2.05) is 38.8 Å². The van der Waals surface area contributed by atoms with Crippen molar-refractivity contribution < 1.29 is 19.1 Å². The number of hydrogen-bond donors (Lipinski definition) is 1. The van der Waals surface area contributed by atoms with Gasteiger partial charge in [0.2, 0.25) is 11.8 Å². The molecule has 3 amide bonds. The van der Waals surface area contributed by atoms with Gasteiger partial charge in [-0.3, -0.25) is 19.4 Å². The van der Waals surface area contributed by atoms with Crippen molar-refractivity contribution in [1.29, 1.82) is 0 Å². The van der Waals surface area contributed by atoms with Gasteiger partial charge in [0, 0.05) is 44.2 Å². The van der Waals surface area contributed by atoms with E-state index in [1.165, 1.54) is 54.3 Å². The summed E-state index contributed by atoms with van der Waals surface area (Å²) in [5, 5.41) is 3.08. The largest absolute Gasteiger partial charge is 0.444 e. The minimum atomic E-state index is -0.643. The van der Waals surface area contributed by atoms with Gasteiger partial charge in [0.1, 0.15) is 17.7 Å². The fourth-order valence-corrected chi connectivity index (χ4v) is 8.45. The molecule has 2 heterocycles. The first-order chi connectivity index (χ1) is 20.1. The molecule has 8 nitrogen and oxygen atoms in total. The average molecular weight is 619 g/mol. The second-order valence-corrected chi connectivity index (χ2v) is 15.1. The van der Waals surface area contributed by atoms with Crippen LogP contribution < -0.4 is 5.32 Å². The predicted molar refractivity (Wildman–Crippen MR) is 173 cm³/mol. The Morgan fingerprint density at radius 1 is 1.07 bits per heavy atom. The first kappa shape index (κ1) is 33.0. The van der Waals surface area contributed by atoms with E-state index in [2.05, 4.69) is 34.5 Å². The minimum absolute atomic E-state index is 0.0320. The summed E-state index contributed by atoms with van der Waals surface area (Å²) in [5.74, 6) is 2.86. The molecule has 10 heteroatoms. The van der Waals surface area contributed by atoms with Crippen LogP contribution in [0.4, 0.5) is 4.79 Å². The van der Waals surface area contributed by atoms with E-state index >= 15 is 0 Å². The van der Waals surface area contributed by atoms with Gasteiger partial charge < -0.3 is 15.0 Å². The summed E-state index contributed by atoms with van der Waals surface area (Å²) >= 11 is 3.31. The van der Waals surface area contributed by atoms with Crippen LogP contribution in [0.25, 0.3) is 0 Å². The Morgan fingerprint density at radius 2 is 1.76 bits per heavy atom. The van der Waals surface area contributed by atoms with E-state index in [9.17, 15) is 14.4 Å². The number of thioether (sulfide) groups is 2. The highest BCUT2D eigenvalue weighted by Gasteiger charge is 2.39. The number of hydrogen-bond acceptors (Lipinski definition) is 7. The summed E-state index contributed by atoms with van der Waals surface area (Å²) in [6, 6.07) is 9.39. The number of likely N-dealkylation sites (N-methyl/N-ethyl adjacent to an activating group) is 1. The van der Waals surface area contributed by atoms with E-state index in [0.29, 0.717) is 23.3 Å². The maximum Gasteiger partial charge on any atom is 0.411 e. The van der Waals surface area contributed by atoms with Crippen LogP contribution in [0.3, 0.4) is 0 Å². The van der Waals surface area contributed by atoms with E-state index in [1.54, 1.807) is 11.8 Å². The van der Waals surface area contributed by atoms with Gasteiger partial charge >= 0.3 is 6.09 Å². The summed E-state index contributed by atoms with van der Waals surface area (Å²) in [7, 11) is 1.89. The van der Waals surface area contributed by atoms with E-state index in [-0.39, 0.29) is 17.9 Å². The molecule has 1 aromatic rings. The molecule has 0 bridgehead atoms. The Labute approximate surface area is 261 Å². The molecule has 0 radical (unpaired) electrons. The van der Waals surface area contributed by atoms with Crippen LogP contribution >= 0.6 is 23.5 Å². The van der Waals surface area contributed by atoms with Crippen molar-refractivity contribution in [3.8, 4) is 0 Å². The lowest BCUT2D eigenvalue weighted by atomic mass is 9.91. The number of ether oxygens (including phenoxy) is 1. The van der Waals surface area contributed by atoms with Crippen LogP contribution in [0.2, 0.25) is 0 Å². The third-order valence-corrected chi connectivity index (χ3v) is 10.8. The third-order valence-electron chi connectivity index (χ3n) is 8.49. The molecule has 0 spiro atoms. The highest BCUT2D eigenvalue weighted by molar-refractivity contribution is 7.99. The molecule has 2 saturated heterocycles. The molecule has 0 aromatic heterocycles. The summed E-state index contributed by atoms with van der Waals surface area (Å²) in [6.07, 6.45) is 7.74. The highest BCUT2D eigenvalue weighted by Crippen LogP contribution is 2.28. The van der Waals surface area contributed by atoms with Crippen LogP contribution in [0.5, 0.6) is 0 Å². The lowest BCUT2D eigenvalue weighted by molar-refractivity contribution is -0.138. The molecule has 1 saturated carbocycles. The maximum atomic E-state index is 13.9. The number of nitrogens with one attached hydrogen (secondary N) is 1. The van der Waals surface area contributed by atoms with Gasteiger partial charge in [0.25, 0.3) is 0 Å². The highest BCUT2D eigenvalue weighted by atomic mass is 32.2. The molecule has 3 aliphatic rings. The smallest absolute Gasteiger partial charge is 0.411 e. The summed E-state index contributed by atoms with van der Waals surface area (Å²) in [6.45, 7) is 8.27. The van der Waals surface area contributed by atoms with Crippen molar-refractivity contribution in [3.05, 3.63) is 35.9 Å². The number of likely N-dealkylation sites (tertiary alicyclic amines) is 1. The molecule has 2 atom stereocenters. The van der Waals surface area contributed by atoms with Crippen molar-refractivity contribution >= 4 is 41.4 Å². The van der Waals surface area contributed by atoms with E-state index in [4.69, 9.17) is 4.74 Å². The number of benzene rings is 1. The summed E-state index contributed by atoms with van der Waals surface area (Å²) in [4.78, 5) is 46.1. The molecular formula is C32H50N4O4S2. The van der Waals surface area contributed by atoms with Crippen LogP contribution in [0.1, 0.15) is 71.3 Å². The van der Waals surface area contributed by atoms with Crippen molar-refractivity contribution in [1.82, 2.24) is 20.0 Å². The summed E-state index contributed by atoms with van der Waals surface area (Å²) in [5.41, 5.74) is 0.669. The normalized spacial score (nSPS) is 21.6. The quantitative estimate of drug-likeness (QED) is 0.385. The molecule has 42 heavy (non-hydrogen) atoms. The number of carbonyl (C=O) groups is 3. The first-order valence-corrected chi connectivity index (χ1v) is 17.9. The molecule has 1 aliphatic carbocycles. The monoisotopic (exact) mass is 618 g/mol. The van der Waals surface area contributed by atoms with Crippen molar-refractivity contribution in [2.75, 3.05) is 43.3 Å². The Bertz CT molecular complexity index is 1020. The Hall–Kier alpha value is -1.91. The zero-order valence-electron chi connectivity index (χ0n) is 25.9. The molecule has 234 valence electrons. The maximum absolute atomic E-state index is 13.9. The van der Waals surface area contributed by atoms with Gasteiger partial charge in [-0.05, 0) is 63.7 Å². The number of carbonyl (C=O) groups excluding carboxylic acids is 3. The molecule has 1 aromatic carbocycles. The molecule has 4 rings (SSSR count). The Kier molecular flexibility index (Phi) is 12.3. The lowest BCUT2D eigenvalue weighted by Gasteiger charge is -2.38. The number of rotatable bonds is 10. The molecule has 2 aliphatic heterocycles. The fourth-order valence-electron chi connectivity index (χ4n) is 6.04. The standard InChI is InChI=1S/C32H50N4O4S2/c1-32(2,3)40-31(39)36-23-42-22-28(36)29(37)33-27(21-41-20-25-13-9-6-10-14-25)30(38)34(4)26-15-17-35(18-16-26)19-24-11-7-5-8-12-24/h5,7-8,11-12,25-28H,6,9-10,13-23H2,1-4H3,(H,33,37)/t27-,28-/m0/s1. The number of nitrogens with zero attached hydrogens (tertiary/aromatic N) is 3. The van der Waals surface area contributed by atoms with Gasteiger partial charge in [-0.25, -0.2) is 4.79 Å². The average Bonchev–Trinajstić information content (AvgIpc) is 3.47. The molecule has 3 fully saturated rings. The zero-order chi connectivity index (χ0) is 30.1. The lowest BCUT2D eigenvalue weighted by Crippen LogP contribution is -2.57. The van der Waals surface area contributed by atoms with Gasteiger partial charge in [-0.15, -0.1) is 11.8 Å². The van der Waals surface area contributed by atoms with Gasteiger partial charge in [0.05, 0.1) is 5.88 Å². The predicted octanol–water partition coefficient (Wildman–Crippen LogP) is 5.22. The zero-order valence-corrected chi connectivity index (χ0v) is 27.5. The fraction of sp³-hybridized carbons (Fsp3) is 0.719. The van der Waals surface area contributed by atoms with E-state index in [0.717, 1.165) is 38.2 Å². The second kappa shape index (κ2) is 15.7. The van der Waals surface area contributed by atoms with Crippen LogP contribution in [-0.4, -0.2) is 99.6 Å². The van der Waals surface area contributed by atoms with Gasteiger partial charge in [-0.2, -0.15) is 11.8 Å². The van der Waals surface area contributed by atoms with Crippen molar-refractivity contribution in [3.63, 3.8) is 0 Å². The van der Waals surface area contributed by atoms with Crippen molar-refractivity contribution in [2.24, 2.45) is 5.92 Å². The van der Waals surface area contributed by atoms with Crippen molar-refractivity contribution in [2.45, 2.75) is 96.0 Å². The number of amides is 3. The third kappa shape index (κ3) is 9.81. The van der Waals surface area contributed by atoms with Gasteiger partial charge in [-0.1, -0.05) is 49.6 Å². The second-order valence-electron chi connectivity index (χ2n) is 13.0. The van der Waals surface area contributed by atoms with Gasteiger partial charge in [0.15, 0.2) is 0 Å². The van der Waals surface area contributed by atoms with Crippen LogP contribution in [0, 0.1) is 5.92 Å². The topological polar surface area (TPSA) is 82.2 Å². The Morgan fingerprint density at radius 3 is 2.43 bits per heavy atom. The summed E-state index contributed by atoms with van der Waals surface area (Å²) < 4.78 is 5.56. The SMILES string of the molecule is CN(C(=O)[C@H](CSCC1CCCCC1)NC(=O)[C@@H]1CSCN1C(=O)OC(C)(C)C)C1CCN(Cc2ccccc2)CC1. The first-order valence-electron chi connectivity index (χ1n) is 15.6. The van der Waals surface area contributed by atoms with E-state index < -0.39 is 23.8 Å². The number of piperidine rings is 1. The Balaban J connectivity index is 1.36. The van der Waals surface area contributed by atoms with Crippen LogP contribution in [-0.2, 0) is 20.9 Å². The molecule has 1 N–H and O–H groups in total. The van der Waals surface area contributed by atoms with Crippen LogP contribution in [0.15, 0.2) is 30.3 Å².